The van der Waals surface area contributed by atoms with Crippen LogP contribution in [0.4, 0.5) is 5.69 Å². The summed E-state index contributed by atoms with van der Waals surface area (Å²) in [6.07, 6.45) is 2.26. The van der Waals surface area contributed by atoms with E-state index in [0.717, 1.165) is 11.4 Å². The molecule has 0 aliphatic rings. The van der Waals surface area contributed by atoms with Crippen LogP contribution in [0.5, 0.6) is 0 Å². The molecule has 138 valence electrons. The molecule has 0 aliphatic carbocycles. The number of benzene rings is 3. The van der Waals surface area contributed by atoms with Crippen LogP contribution < -0.4 is 5.32 Å². The number of hydrogen-bond acceptors (Lipinski definition) is 1. The summed E-state index contributed by atoms with van der Waals surface area (Å²) in [5, 5.41) is 3.70. The van der Waals surface area contributed by atoms with E-state index >= 15 is 0 Å². The molecular formula is C26H29N. The summed E-state index contributed by atoms with van der Waals surface area (Å²) in [5.74, 6) is 0.908. The van der Waals surface area contributed by atoms with Gasteiger partial charge in [-0.05, 0) is 46.7 Å². The molecule has 1 nitrogen and oxygen atoms in total. The molecule has 0 saturated heterocycles. The number of anilines is 1. The van der Waals surface area contributed by atoms with Gasteiger partial charge in [-0.25, -0.2) is 0 Å². The summed E-state index contributed by atoms with van der Waals surface area (Å²) in [7, 11) is 0. The molecule has 0 fully saturated rings. The van der Waals surface area contributed by atoms with Gasteiger partial charge < -0.3 is 5.32 Å². The Bertz CT molecular complexity index is 864. The topological polar surface area (TPSA) is 12.0 Å². The second kappa shape index (κ2) is 8.73. The van der Waals surface area contributed by atoms with Gasteiger partial charge in [0.2, 0.25) is 0 Å². The molecule has 0 aromatic heterocycles. The van der Waals surface area contributed by atoms with Crippen molar-refractivity contribution in [3.8, 4) is 0 Å². The molecule has 3 aromatic rings. The van der Waals surface area contributed by atoms with Crippen LogP contribution in [0.3, 0.4) is 0 Å². The fourth-order valence-corrected chi connectivity index (χ4v) is 3.43. The second-order valence-corrected chi connectivity index (χ2v) is 7.58. The van der Waals surface area contributed by atoms with Crippen molar-refractivity contribution in [3.05, 3.63) is 101 Å². The van der Waals surface area contributed by atoms with Gasteiger partial charge in [-0.3, -0.25) is 0 Å². The molecule has 0 bridgehead atoms. The molecular weight excluding hydrogens is 326 g/mol. The van der Waals surface area contributed by atoms with Crippen LogP contribution >= 0.6 is 0 Å². The Morgan fingerprint density at radius 2 is 1.19 bits per heavy atom. The Morgan fingerprint density at radius 1 is 0.667 bits per heavy atom. The molecule has 0 heterocycles. The quantitative estimate of drug-likeness (QED) is 0.450. The minimum Gasteiger partial charge on any atom is -0.355 e. The maximum Gasteiger partial charge on any atom is 0.0469 e. The zero-order chi connectivity index (χ0) is 19.2. The van der Waals surface area contributed by atoms with Gasteiger partial charge in [-0.15, -0.1) is 0 Å². The van der Waals surface area contributed by atoms with Crippen molar-refractivity contribution < 1.29 is 0 Å². The highest BCUT2D eigenvalue weighted by atomic mass is 14.9. The number of rotatable bonds is 6. The highest BCUT2D eigenvalue weighted by Gasteiger charge is 2.17. The first-order valence-corrected chi connectivity index (χ1v) is 9.78. The Labute approximate surface area is 163 Å². The van der Waals surface area contributed by atoms with E-state index in [-0.39, 0.29) is 0 Å². The summed E-state index contributed by atoms with van der Waals surface area (Å²) < 4.78 is 0. The highest BCUT2D eigenvalue weighted by Crippen LogP contribution is 2.34. The molecule has 1 N–H and O–H groups in total. The molecule has 1 heteroatoms. The SMILES string of the molecule is CC(C)c1cccc(C(C)C)c1C(=Cc1ccccc1)Nc1ccccc1. The molecule has 27 heavy (non-hydrogen) atoms. The largest absolute Gasteiger partial charge is 0.355 e. The van der Waals surface area contributed by atoms with Crippen molar-refractivity contribution in [1.82, 2.24) is 0 Å². The lowest BCUT2D eigenvalue weighted by Crippen LogP contribution is -2.08. The maximum absolute atomic E-state index is 3.70. The van der Waals surface area contributed by atoms with E-state index in [1.54, 1.807) is 0 Å². The lowest BCUT2D eigenvalue weighted by molar-refractivity contribution is 0.827. The van der Waals surface area contributed by atoms with Crippen LogP contribution in [0.2, 0.25) is 0 Å². The summed E-state index contributed by atoms with van der Waals surface area (Å²) in [6, 6.07) is 27.7. The summed E-state index contributed by atoms with van der Waals surface area (Å²) in [6.45, 7) is 9.08. The third-order valence-corrected chi connectivity index (χ3v) is 4.81. The lowest BCUT2D eigenvalue weighted by Gasteiger charge is -2.23. The standard InChI is InChI=1S/C26H29N/c1-19(2)23-16-11-17-24(20(3)4)26(23)25(18-21-12-7-5-8-13-21)27-22-14-9-6-10-15-22/h5-20,27H,1-4H3. The van der Waals surface area contributed by atoms with Crippen LogP contribution in [-0.4, -0.2) is 0 Å². The monoisotopic (exact) mass is 355 g/mol. The average molecular weight is 356 g/mol. The van der Waals surface area contributed by atoms with Gasteiger partial charge in [0, 0.05) is 16.9 Å². The van der Waals surface area contributed by atoms with Gasteiger partial charge in [0.1, 0.15) is 0 Å². The first-order chi connectivity index (χ1) is 13.1. The van der Waals surface area contributed by atoms with Gasteiger partial charge in [0.15, 0.2) is 0 Å². The Kier molecular flexibility index (Phi) is 6.13. The molecule has 3 rings (SSSR count). The van der Waals surface area contributed by atoms with E-state index in [0.29, 0.717) is 11.8 Å². The van der Waals surface area contributed by atoms with Gasteiger partial charge in [0.05, 0.1) is 0 Å². The van der Waals surface area contributed by atoms with E-state index in [2.05, 4.69) is 112 Å². The minimum atomic E-state index is 0.454. The third-order valence-electron chi connectivity index (χ3n) is 4.81. The van der Waals surface area contributed by atoms with E-state index in [1.165, 1.54) is 22.3 Å². The summed E-state index contributed by atoms with van der Waals surface area (Å²) in [4.78, 5) is 0. The van der Waals surface area contributed by atoms with Crippen molar-refractivity contribution in [2.24, 2.45) is 0 Å². The minimum absolute atomic E-state index is 0.454. The number of para-hydroxylation sites is 1. The normalized spacial score (nSPS) is 11.9. The van der Waals surface area contributed by atoms with Crippen LogP contribution in [0.25, 0.3) is 11.8 Å². The molecule has 0 radical (unpaired) electrons. The highest BCUT2D eigenvalue weighted by molar-refractivity contribution is 5.90. The molecule has 0 atom stereocenters. The predicted molar refractivity (Wildman–Crippen MR) is 119 cm³/mol. The molecule has 0 spiro atoms. The van der Waals surface area contributed by atoms with Gasteiger partial charge in [0.25, 0.3) is 0 Å². The van der Waals surface area contributed by atoms with Crippen LogP contribution in [0.15, 0.2) is 78.9 Å². The molecule has 0 saturated carbocycles. The average Bonchev–Trinajstić information content (AvgIpc) is 2.68. The van der Waals surface area contributed by atoms with Crippen molar-refractivity contribution in [2.75, 3.05) is 5.32 Å². The zero-order valence-electron chi connectivity index (χ0n) is 16.7. The summed E-state index contributed by atoms with van der Waals surface area (Å²) in [5.41, 5.74) is 7.55. The lowest BCUT2D eigenvalue weighted by atomic mass is 9.86. The van der Waals surface area contributed by atoms with Gasteiger partial charge in [-0.1, -0.05) is 94.4 Å². The Hall–Kier alpha value is -2.80. The predicted octanol–water partition coefficient (Wildman–Crippen LogP) is 7.54. The third kappa shape index (κ3) is 4.68. The van der Waals surface area contributed by atoms with E-state index < -0.39 is 0 Å². The Morgan fingerprint density at radius 3 is 1.70 bits per heavy atom. The van der Waals surface area contributed by atoms with Crippen LogP contribution in [0.1, 0.15) is 61.8 Å². The molecule has 0 amide bonds. The first-order valence-electron chi connectivity index (χ1n) is 9.78. The Balaban J connectivity index is 2.20. The van der Waals surface area contributed by atoms with E-state index in [1.807, 2.05) is 6.07 Å². The second-order valence-electron chi connectivity index (χ2n) is 7.58. The first kappa shape index (κ1) is 19.0. The van der Waals surface area contributed by atoms with Gasteiger partial charge >= 0.3 is 0 Å². The fourth-order valence-electron chi connectivity index (χ4n) is 3.43. The summed E-state index contributed by atoms with van der Waals surface area (Å²) >= 11 is 0. The number of hydrogen-bond donors (Lipinski definition) is 1. The van der Waals surface area contributed by atoms with Crippen molar-refractivity contribution in [2.45, 2.75) is 39.5 Å². The maximum atomic E-state index is 3.70. The zero-order valence-corrected chi connectivity index (χ0v) is 16.7. The van der Waals surface area contributed by atoms with Crippen LogP contribution in [-0.2, 0) is 0 Å². The van der Waals surface area contributed by atoms with Crippen molar-refractivity contribution in [1.29, 1.82) is 0 Å². The molecule has 0 unspecified atom stereocenters. The fraction of sp³-hybridized carbons (Fsp3) is 0.231. The smallest absolute Gasteiger partial charge is 0.0469 e. The molecule has 0 aliphatic heterocycles. The van der Waals surface area contributed by atoms with Gasteiger partial charge in [-0.2, -0.15) is 0 Å². The van der Waals surface area contributed by atoms with E-state index in [9.17, 15) is 0 Å². The molecule has 3 aromatic carbocycles. The number of nitrogens with one attached hydrogen (secondary N) is 1. The van der Waals surface area contributed by atoms with Crippen molar-refractivity contribution in [3.63, 3.8) is 0 Å². The van der Waals surface area contributed by atoms with Crippen LogP contribution in [0, 0.1) is 0 Å². The van der Waals surface area contributed by atoms with E-state index in [4.69, 9.17) is 0 Å². The van der Waals surface area contributed by atoms with Crippen molar-refractivity contribution >= 4 is 17.5 Å².